The Morgan fingerprint density at radius 1 is 1.47 bits per heavy atom. The van der Waals surface area contributed by atoms with E-state index in [4.69, 9.17) is 0 Å². The largest absolute Gasteiger partial charge is 0.502 e. The van der Waals surface area contributed by atoms with Crippen LogP contribution in [0.5, 0.6) is 5.75 Å². The summed E-state index contributed by atoms with van der Waals surface area (Å²) < 4.78 is 38.2. The van der Waals surface area contributed by atoms with E-state index in [2.05, 4.69) is 0 Å². The Balaban J connectivity index is 3.46. The zero-order valence-electron chi connectivity index (χ0n) is 9.56. The first-order chi connectivity index (χ1) is 8.68. The normalized spacial score (nSPS) is 12.8. The summed E-state index contributed by atoms with van der Waals surface area (Å²) in [6.45, 7) is 1.34. The van der Waals surface area contributed by atoms with Crippen LogP contribution in [-0.4, -0.2) is 22.6 Å². The van der Waals surface area contributed by atoms with Crippen molar-refractivity contribution in [2.75, 3.05) is 0 Å². The van der Waals surface area contributed by atoms with Crippen molar-refractivity contribution in [3.63, 3.8) is 0 Å². The number of carbonyl (C=O) groups is 1. The summed E-state index contributed by atoms with van der Waals surface area (Å²) in [5, 5.41) is 21.7. The maximum absolute atomic E-state index is 12.7. The molecule has 19 heavy (non-hydrogen) atoms. The number of nitrogens with zero attached hydrogens (tertiary/aromatic N) is 1. The number of halogens is 3. The lowest BCUT2D eigenvalue weighted by molar-refractivity contribution is -0.386. The van der Waals surface area contributed by atoms with Crippen LogP contribution in [-0.2, 0) is 4.79 Å². The molecule has 1 aromatic carbocycles. The predicted octanol–water partition coefficient (Wildman–Crippen LogP) is 1.96. The number of aryl methyl sites for hydroxylation is 1. The second kappa shape index (κ2) is 5.12. The fraction of sp³-hybridized carbons (Fsp3) is 0.300. The minimum absolute atomic E-state index is 0.154. The Morgan fingerprint density at radius 2 is 2.05 bits per heavy atom. The molecule has 0 aromatic heterocycles. The van der Waals surface area contributed by atoms with Gasteiger partial charge in [-0.25, -0.2) is 0 Å². The van der Waals surface area contributed by atoms with Gasteiger partial charge in [-0.1, -0.05) is 0 Å². The Bertz CT molecular complexity index is 516. The van der Waals surface area contributed by atoms with Crippen molar-refractivity contribution >= 4 is 12.1 Å². The van der Waals surface area contributed by atoms with Crippen LogP contribution in [0.2, 0.25) is 0 Å². The monoisotopic (exact) mass is 278 g/mol. The molecule has 0 heterocycles. The van der Waals surface area contributed by atoms with Gasteiger partial charge in [0.15, 0.2) is 11.8 Å². The van der Waals surface area contributed by atoms with Gasteiger partial charge in [0.25, 0.3) is 0 Å². The molecule has 1 unspecified atom stereocenters. The van der Waals surface area contributed by atoms with E-state index in [-0.39, 0.29) is 12.0 Å². The van der Waals surface area contributed by atoms with E-state index < -0.39 is 34.1 Å². The van der Waals surface area contributed by atoms with Crippen molar-refractivity contribution in [2.24, 2.45) is 0 Å². The van der Waals surface area contributed by atoms with Crippen molar-refractivity contribution in [1.29, 1.82) is 0 Å². The number of phenolic OH excluding ortho intramolecular Hbond substituents is 1. The van der Waals surface area contributed by atoms with Gasteiger partial charge in [0.1, 0.15) is 0 Å². The summed E-state index contributed by atoms with van der Waals surface area (Å²) in [7, 11) is 0. The van der Waals surface area contributed by atoms with Crippen molar-refractivity contribution in [1.82, 2.24) is 5.32 Å². The topological polar surface area (TPSA) is 92.5 Å². The number of hydrogen-bond donors (Lipinski definition) is 2. The number of hydrogen-bond acceptors (Lipinski definition) is 4. The number of nitro groups is 1. The second-order valence-electron chi connectivity index (χ2n) is 3.74. The van der Waals surface area contributed by atoms with Crippen LogP contribution in [0.3, 0.4) is 0 Å². The molecule has 104 valence electrons. The zero-order valence-corrected chi connectivity index (χ0v) is 9.56. The highest BCUT2D eigenvalue weighted by Gasteiger charge is 2.43. The number of nitrogens with one attached hydrogen (secondary N) is 1. The average Bonchev–Trinajstić information content (AvgIpc) is 2.27. The molecule has 1 rings (SSSR count). The minimum Gasteiger partial charge on any atom is -0.502 e. The first-order valence-electron chi connectivity index (χ1n) is 4.92. The van der Waals surface area contributed by atoms with Gasteiger partial charge in [0.2, 0.25) is 6.41 Å². The van der Waals surface area contributed by atoms with E-state index in [0.717, 1.165) is 12.1 Å². The van der Waals surface area contributed by atoms with Crippen LogP contribution in [0.15, 0.2) is 12.1 Å². The van der Waals surface area contributed by atoms with Crippen LogP contribution in [0.1, 0.15) is 17.2 Å². The number of aromatic hydroxyl groups is 1. The third-order valence-electron chi connectivity index (χ3n) is 2.33. The number of amides is 1. The summed E-state index contributed by atoms with van der Waals surface area (Å²) in [6, 6.07) is -0.645. The molecular weight excluding hydrogens is 269 g/mol. The van der Waals surface area contributed by atoms with E-state index in [1.807, 2.05) is 0 Å². The standard InChI is InChI=1S/C10H9F3N2O4/c1-5-2-6(8(17)7(3-5)15(18)19)9(14-4-16)10(11,12)13/h2-4,9,17H,1H3,(H,14,16). The quantitative estimate of drug-likeness (QED) is 0.500. The van der Waals surface area contributed by atoms with Crippen molar-refractivity contribution in [3.05, 3.63) is 33.4 Å². The predicted molar refractivity (Wildman–Crippen MR) is 57.5 cm³/mol. The van der Waals surface area contributed by atoms with Crippen LogP contribution < -0.4 is 5.32 Å². The molecule has 0 aliphatic heterocycles. The number of nitro benzene ring substituents is 1. The Labute approximate surface area is 105 Å². The highest BCUT2D eigenvalue weighted by atomic mass is 19.4. The molecule has 0 bridgehead atoms. The minimum atomic E-state index is -4.89. The van der Waals surface area contributed by atoms with Gasteiger partial charge in [-0.15, -0.1) is 0 Å². The summed E-state index contributed by atoms with van der Waals surface area (Å²) >= 11 is 0. The van der Waals surface area contributed by atoms with Crippen LogP contribution in [0.4, 0.5) is 18.9 Å². The maximum Gasteiger partial charge on any atom is 0.413 e. The van der Waals surface area contributed by atoms with E-state index in [1.54, 1.807) is 0 Å². The molecule has 1 atom stereocenters. The average molecular weight is 278 g/mol. The van der Waals surface area contributed by atoms with Crippen molar-refractivity contribution in [2.45, 2.75) is 19.1 Å². The fourth-order valence-corrected chi connectivity index (χ4v) is 1.58. The van der Waals surface area contributed by atoms with Crippen molar-refractivity contribution < 1.29 is 28.0 Å². The van der Waals surface area contributed by atoms with E-state index in [1.165, 1.54) is 12.2 Å². The molecule has 0 saturated carbocycles. The van der Waals surface area contributed by atoms with E-state index in [0.29, 0.717) is 0 Å². The van der Waals surface area contributed by atoms with E-state index in [9.17, 15) is 33.2 Å². The Hall–Kier alpha value is -2.32. The molecule has 0 spiro atoms. The van der Waals surface area contributed by atoms with Crippen LogP contribution >= 0.6 is 0 Å². The number of alkyl halides is 3. The first-order valence-corrected chi connectivity index (χ1v) is 4.92. The number of rotatable bonds is 4. The lowest BCUT2D eigenvalue weighted by atomic mass is 10.0. The highest BCUT2D eigenvalue weighted by Crippen LogP contribution is 2.41. The second-order valence-corrected chi connectivity index (χ2v) is 3.74. The number of carbonyl (C=O) groups excluding carboxylic acids is 1. The van der Waals surface area contributed by atoms with Gasteiger partial charge >= 0.3 is 11.9 Å². The first kappa shape index (κ1) is 14.7. The van der Waals surface area contributed by atoms with Gasteiger partial charge in [-0.05, 0) is 18.6 Å². The van der Waals surface area contributed by atoms with Crippen molar-refractivity contribution in [3.8, 4) is 5.75 Å². The molecule has 0 aliphatic rings. The molecule has 0 aliphatic carbocycles. The summed E-state index contributed by atoms with van der Waals surface area (Å²) in [5.41, 5.74) is -1.47. The maximum atomic E-state index is 12.7. The molecular formula is C10H9F3N2O4. The molecule has 0 radical (unpaired) electrons. The van der Waals surface area contributed by atoms with Gasteiger partial charge in [0, 0.05) is 11.6 Å². The van der Waals surface area contributed by atoms with Gasteiger partial charge < -0.3 is 10.4 Å². The third kappa shape index (κ3) is 3.12. The molecule has 0 saturated heterocycles. The van der Waals surface area contributed by atoms with Gasteiger partial charge in [-0.3, -0.25) is 14.9 Å². The molecule has 6 nitrogen and oxygen atoms in total. The number of benzene rings is 1. The molecule has 2 N–H and O–H groups in total. The fourth-order valence-electron chi connectivity index (χ4n) is 1.58. The molecule has 9 heteroatoms. The lowest BCUT2D eigenvalue weighted by Crippen LogP contribution is -2.33. The lowest BCUT2D eigenvalue weighted by Gasteiger charge is -2.21. The highest BCUT2D eigenvalue weighted by molar-refractivity contribution is 5.57. The number of phenols is 1. The van der Waals surface area contributed by atoms with Gasteiger partial charge in [0.05, 0.1) is 4.92 Å². The van der Waals surface area contributed by atoms with E-state index >= 15 is 0 Å². The molecule has 1 amide bonds. The Morgan fingerprint density at radius 3 is 2.47 bits per heavy atom. The van der Waals surface area contributed by atoms with Crippen LogP contribution in [0, 0.1) is 17.0 Å². The summed E-state index contributed by atoms with van der Waals surface area (Å²) in [6.07, 6.45) is -5.08. The molecule has 1 aromatic rings. The smallest absolute Gasteiger partial charge is 0.413 e. The third-order valence-corrected chi connectivity index (χ3v) is 2.33. The zero-order chi connectivity index (χ0) is 14.8. The van der Waals surface area contributed by atoms with Crippen LogP contribution in [0.25, 0.3) is 0 Å². The van der Waals surface area contributed by atoms with Gasteiger partial charge in [-0.2, -0.15) is 13.2 Å². The Kier molecular flexibility index (Phi) is 3.98. The molecule has 0 fully saturated rings. The summed E-state index contributed by atoms with van der Waals surface area (Å²) in [5.74, 6) is -1.12. The summed E-state index contributed by atoms with van der Waals surface area (Å²) in [4.78, 5) is 19.9. The SMILES string of the molecule is Cc1cc(C(NC=O)C(F)(F)F)c(O)c([N+](=O)[O-])c1.